The Balaban J connectivity index is 1.77. The Labute approximate surface area is 156 Å². The van der Waals surface area contributed by atoms with Crippen molar-refractivity contribution in [1.82, 2.24) is 19.3 Å². The first-order chi connectivity index (χ1) is 13.3. The number of imidazole rings is 1. The summed E-state index contributed by atoms with van der Waals surface area (Å²) in [4.78, 5) is 16.2. The van der Waals surface area contributed by atoms with E-state index in [2.05, 4.69) is 10.1 Å². The zero-order valence-electron chi connectivity index (χ0n) is 14.8. The van der Waals surface area contributed by atoms with Crippen LogP contribution >= 0.6 is 0 Å². The maximum absolute atomic E-state index is 12.2. The molecular weight excluding hydrogens is 340 g/mol. The standard InChI is InChI=1S/C21H18N4O2/c1-2-27-21(26)19-14-20(25(23-19)18-6-4-3-5-7-18)16-8-10-17(11-9-16)24-13-12-22-15-24/h3-15H,2H2,1H3. The summed E-state index contributed by atoms with van der Waals surface area (Å²) in [6.45, 7) is 2.09. The molecular formula is C21H18N4O2. The van der Waals surface area contributed by atoms with Gasteiger partial charge in [0.1, 0.15) is 0 Å². The summed E-state index contributed by atoms with van der Waals surface area (Å²) in [7, 11) is 0. The summed E-state index contributed by atoms with van der Waals surface area (Å²) in [6.07, 6.45) is 5.38. The molecule has 0 aliphatic carbocycles. The summed E-state index contributed by atoms with van der Waals surface area (Å²) in [6, 6.07) is 19.5. The molecule has 134 valence electrons. The molecule has 0 bridgehead atoms. The van der Waals surface area contributed by atoms with Crippen LogP contribution in [-0.2, 0) is 4.74 Å². The van der Waals surface area contributed by atoms with Crippen LogP contribution in [0.25, 0.3) is 22.6 Å². The van der Waals surface area contributed by atoms with Gasteiger partial charge in [0.15, 0.2) is 5.69 Å². The summed E-state index contributed by atoms with van der Waals surface area (Å²) in [5, 5.41) is 4.47. The summed E-state index contributed by atoms with van der Waals surface area (Å²) in [5.74, 6) is -0.427. The molecule has 0 radical (unpaired) electrons. The molecule has 0 unspecified atom stereocenters. The number of aromatic nitrogens is 4. The van der Waals surface area contributed by atoms with Crippen LogP contribution < -0.4 is 0 Å². The SMILES string of the molecule is CCOC(=O)c1cc(-c2ccc(-n3ccnc3)cc2)n(-c2ccccc2)n1. The fourth-order valence-corrected chi connectivity index (χ4v) is 2.87. The minimum absolute atomic E-state index is 0.286. The highest BCUT2D eigenvalue weighted by Gasteiger charge is 2.17. The molecule has 4 rings (SSSR count). The third-order valence-electron chi connectivity index (χ3n) is 4.16. The van der Waals surface area contributed by atoms with E-state index in [0.717, 1.165) is 22.6 Å². The molecule has 6 nitrogen and oxygen atoms in total. The summed E-state index contributed by atoms with van der Waals surface area (Å²) >= 11 is 0. The predicted octanol–water partition coefficient (Wildman–Crippen LogP) is 3.90. The monoisotopic (exact) mass is 358 g/mol. The van der Waals surface area contributed by atoms with E-state index in [4.69, 9.17) is 4.74 Å². The summed E-state index contributed by atoms with van der Waals surface area (Å²) < 4.78 is 8.81. The van der Waals surface area contributed by atoms with Gasteiger partial charge in [0.25, 0.3) is 0 Å². The van der Waals surface area contributed by atoms with E-state index in [1.54, 1.807) is 30.2 Å². The smallest absolute Gasteiger partial charge is 0.358 e. The van der Waals surface area contributed by atoms with Gasteiger partial charge in [0.05, 0.1) is 24.3 Å². The highest BCUT2D eigenvalue weighted by Crippen LogP contribution is 2.25. The second kappa shape index (κ2) is 7.29. The molecule has 2 heterocycles. The van der Waals surface area contributed by atoms with Crippen molar-refractivity contribution in [3.05, 3.63) is 85.1 Å². The Bertz CT molecular complexity index is 1040. The molecule has 0 spiro atoms. The second-order valence-corrected chi connectivity index (χ2v) is 5.90. The van der Waals surface area contributed by atoms with Crippen LogP contribution in [0, 0.1) is 0 Å². The van der Waals surface area contributed by atoms with E-state index in [1.807, 2.05) is 65.4 Å². The third-order valence-corrected chi connectivity index (χ3v) is 4.16. The van der Waals surface area contributed by atoms with Crippen molar-refractivity contribution < 1.29 is 9.53 Å². The lowest BCUT2D eigenvalue weighted by molar-refractivity contribution is 0.0519. The van der Waals surface area contributed by atoms with Crippen molar-refractivity contribution >= 4 is 5.97 Å². The highest BCUT2D eigenvalue weighted by atomic mass is 16.5. The average Bonchev–Trinajstić information content (AvgIpc) is 3.39. The number of carbonyl (C=O) groups is 1. The zero-order chi connectivity index (χ0) is 18.6. The lowest BCUT2D eigenvalue weighted by atomic mass is 10.1. The number of rotatable bonds is 5. The molecule has 0 atom stereocenters. The number of hydrogen-bond acceptors (Lipinski definition) is 4. The van der Waals surface area contributed by atoms with Gasteiger partial charge in [-0.15, -0.1) is 0 Å². The molecule has 2 aromatic carbocycles. The van der Waals surface area contributed by atoms with Crippen LogP contribution in [0.2, 0.25) is 0 Å². The molecule has 0 aliphatic rings. The minimum Gasteiger partial charge on any atom is -0.461 e. The first kappa shape index (κ1) is 16.8. The molecule has 4 aromatic rings. The molecule has 0 fully saturated rings. The number of benzene rings is 2. The molecule has 2 aromatic heterocycles. The van der Waals surface area contributed by atoms with Gasteiger partial charge >= 0.3 is 5.97 Å². The molecule has 0 N–H and O–H groups in total. The van der Waals surface area contributed by atoms with Gasteiger partial charge < -0.3 is 9.30 Å². The predicted molar refractivity (Wildman–Crippen MR) is 102 cm³/mol. The van der Waals surface area contributed by atoms with Crippen LogP contribution in [0.1, 0.15) is 17.4 Å². The Kier molecular flexibility index (Phi) is 4.53. The Morgan fingerprint density at radius 3 is 2.48 bits per heavy atom. The molecule has 0 saturated heterocycles. The zero-order valence-corrected chi connectivity index (χ0v) is 14.8. The first-order valence-electron chi connectivity index (χ1n) is 8.67. The first-order valence-corrected chi connectivity index (χ1v) is 8.67. The van der Waals surface area contributed by atoms with E-state index in [1.165, 1.54) is 0 Å². The lowest BCUT2D eigenvalue weighted by Crippen LogP contribution is -2.06. The largest absolute Gasteiger partial charge is 0.461 e. The number of nitrogens with zero attached hydrogens (tertiary/aromatic N) is 4. The van der Waals surface area contributed by atoms with Gasteiger partial charge in [-0.2, -0.15) is 5.10 Å². The number of hydrogen-bond donors (Lipinski definition) is 0. The Morgan fingerprint density at radius 1 is 1.04 bits per heavy atom. The molecule has 27 heavy (non-hydrogen) atoms. The van der Waals surface area contributed by atoms with E-state index >= 15 is 0 Å². The van der Waals surface area contributed by atoms with Crippen LogP contribution in [-0.4, -0.2) is 31.9 Å². The topological polar surface area (TPSA) is 61.9 Å². The number of esters is 1. The van der Waals surface area contributed by atoms with Crippen molar-refractivity contribution in [3.63, 3.8) is 0 Å². The van der Waals surface area contributed by atoms with Crippen molar-refractivity contribution in [2.75, 3.05) is 6.61 Å². The summed E-state index contributed by atoms with van der Waals surface area (Å²) in [5.41, 5.74) is 3.94. The maximum atomic E-state index is 12.2. The second-order valence-electron chi connectivity index (χ2n) is 5.90. The Morgan fingerprint density at radius 2 is 1.81 bits per heavy atom. The van der Waals surface area contributed by atoms with Gasteiger partial charge in [0, 0.05) is 23.6 Å². The fourth-order valence-electron chi connectivity index (χ4n) is 2.87. The highest BCUT2D eigenvalue weighted by molar-refractivity contribution is 5.89. The van der Waals surface area contributed by atoms with Crippen LogP contribution in [0.15, 0.2) is 79.4 Å². The third kappa shape index (κ3) is 3.37. The van der Waals surface area contributed by atoms with Crippen molar-refractivity contribution in [3.8, 4) is 22.6 Å². The molecule has 0 amide bonds. The van der Waals surface area contributed by atoms with Crippen LogP contribution in [0.4, 0.5) is 0 Å². The van der Waals surface area contributed by atoms with Crippen molar-refractivity contribution in [1.29, 1.82) is 0 Å². The Hall–Kier alpha value is -3.67. The van der Waals surface area contributed by atoms with E-state index in [9.17, 15) is 4.79 Å². The average molecular weight is 358 g/mol. The van der Waals surface area contributed by atoms with Crippen LogP contribution in [0.3, 0.4) is 0 Å². The van der Waals surface area contributed by atoms with Crippen molar-refractivity contribution in [2.45, 2.75) is 6.92 Å². The fraction of sp³-hybridized carbons (Fsp3) is 0.0952. The molecule has 6 heteroatoms. The normalized spacial score (nSPS) is 10.7. The van der Waals surface area contributed by atoms with E-state index in [0.29, 0.717) is 6.61 Å². The molecule has 0 saturated carbocycles. The minimum atomic E-state index is -0.427. The van der Waals surface area contributed by atoms with E-state index < -0.39 is 5.97 Å². The van der Waals surface area contributed by atoms with Gasteiger partial charge in [-0.3, -0.25) is 0 Å². The quantitative estimate of drug-likeness (QED) is 0.508. The van der Waals surface area contributed by atoms with Gasteiger partial charge in [-0.1, -0.05) is 30.3 Å². The van der Waals surface area contributed by atoms with Gasteiger partial charge in [0.2, 0.25) is 0 Å². The number of carbonyl (C=O) groups excluding carboxylic acids is 1. The van der Waals surface area contributed by atoms with Crippen molar-refractivity contribution in [2.24, 2.45) is 0 Å². The maximum Gasteiger partial charge on any atom is 0.358 e. The van der Waals surface area contributed by atoms with Crippen LogP contribution in [0.5, 0.6) is 0 Å². The number of para-hydroxylation sites is 1. The van der Waals surface area contributed by atoms with Gasteiger partial charge in [-0.25, -0.2) is 14.5 Å². The van der Waals surface area contributed by atoms with Gasteiger partial charge in [-0.05, 0) is 37.3 Å². The van der Waals surface area contributed by atoms with E-state index in [-0.39, 0.29) is 5.69 Å². The number of ether oxygens (including phenoxy) is 1. The lowest BCUT2D eigenvalue weighted by Gasteiger charge is -2.08. The molecule has 0 aliphatic heterocycles.